The number of hydrogen-bond acceptors (Lipinski definition) is 7. The first-order valence-electron chi connectivity index (χ1n) is 10.3. The van der Waals surface area contributed by atoms with E-state index >= 15 is 0 Å². The van der Waals surface area contributed by atoms with Crippen LogP contribution >= 0.6 is 24.8 Å². The van der Waals surface area contributed by atoms with Gasteiger partial charge in [0.15, 0.2) is 5.82 Å². The third-order valence-electron chi connectivity index (χ3n) is 5.57. The molecule has 0 radical (unpaired) electrons. The van der Waals surface area contributed by atoms with Crippen LogP contribution < -0.4 is 5.32 Å². The maximum Gasteiger partial charge on any atom is 0.240 e. The van der Waals surface area contributed by atoms with Crippen molar-refractivity contribution in [3.8, 4) is 0 Å². The molecule has 10 heteroatoms. The number of nitrogens with zero attached hydrogens (tertiary/aromatic N) is 4. The summed E-state index contributed by atoms with van der Waals surface area (Å²) >= 11 is 0. The Morgan fingerprint density at radius 3 is 2.59 bits per heavy atom. The van der Waals surface area contributed by atoms with Gasteiger partial charge in [-0.2, -0.15) is 4.98 Å². The second kappa shape index (κ2) is 13.4. The van der Waals surface area contributed by atoms with E-state index in [0.29, 0.717) is 43.1 Å². The molecule has 29 heavy (non-hydrogen) atoms. The highest BCUT2D eigenvalue weighted by Gasteiger charge is 2.24. The van der Waals surface area contributed by atoms with E-state index in [9.17, 15) is 4.79 Å². The largest absolute Gasteiger partial charge is 0.371 e. The number of hydrogen-bond donors (Lipinski definition) is 1. The van der Waals surface area contributed by atoms with Crippen LogP contribution in [0.3, 0.4) is 0 Å². The summed E-state index contributed by atoms with van der Waals surface area (Å²) in [4.78, 5) is 21.2. The fraction of sp³-hybridized carbons (Fsp3) is 0.842. The van der Waals surface area contributed by atoms with Crippen molar-refractivity contribution >= 4 is 30.7 Å². The number of carbonyl (C=O) groups excluding carboxylic acids is 1. The molecule has 3 rings (SSSR count). The highest BCUT2D eigenvalue weighted by atomic mass is 35.5. The molecule has 0 bridgehead atoms. The predicted molar refractivity (Wildman–Crippen MR) is 116 cm³/mol. The van der Waals surface area contributed by atoms with Gasteiger partial charge >= 0.3 is 0 Å². The summed E-state index contributed by atoms with van der Waals surface area (Å²) < 4.78 is 10.8. The summed E-state index contributed by atoms with van der Waals surface area (Å²) in [5.41, 5.74) is 0. The molecular formula is C19H35Cl2N5O3. The summed E-state index contributed by atoms with van der Waals surface area (Å²) in [6, 6.07) is 0. The topological polar surface area (TPSA) is 83.7 Å². The van der Waals surface area contributed by atoms with Crippen LogP contribution in [0.4, 0.5) is 0 Å². The van der Waals surface area contributed by atoms with Crippen LogP contribution in [0, 0.1) is 5.92 Å². The van der Waals surface area contributed by atoms with Crippen molar-refractivity contribution in [2.75, 3.05) is 45.9 Å². The quantitative estimate of drug-likeness (QED) is 0.649. The first-order chi connectivity index (χ1) is 13.2. The maximum atomic E-state index is 12.5. The lowest BCUT2D eigenvalue weighted by Crippen LogP contribution is -2.48. The van der Waals surface area contributed by atoms with Crippen LogP contribution in [0.1, 0.15) is 57.3 Å². The number of nitrogens with one attached hydrogen (secondary N) is 1. The average Bonchev–Trinajstić information content (AvgIpc) is 3.16. The molecule has 0 spiro atoms. The molecule has 0 saturated carbocycles. The Labute approximate surface area is 185 Å². The van der Waals surface area contributed by atoms with Crippen molar-refractivity contribution in [1.82, 2.24) is 25.3 Å². The zero-order valence-corrected chi connectivity index (χ0v) is 19.1. The molecule has 0 aromatic carbocycles. The SMILES string of the molecule is CCOC(C)c1noc(CN2CCN(C(=O)CCC3CCNCC3)CC2)n1.Cl.Cl. The van der Waals surface area contributed by atoms with E-state index < -0.39 is 0 Å². The number of piperazine rings is 1. The van der Waals surface area contributed by atoms with E-state index in [1.165, 1.54) is 12.8 Å². The fourth-order valence-corrected chi connectivity index (χ4v) is 3.82. The molecule has 2 saturated heterocycles. The minimum atomic E-state index is -0.151. The van der Waals surface area contributed by atoms with Crippen molar-refractivity contribution in [3.05, 3.63) is 11.7 Å². The molecular weight excluding hydrogens is 417 g/mol. The minimum absolute atomic E-state index is 0. The van der Waals surface area contributed by atoms with Crippen molar-refractivity contribution in [2.45, 2.75) is 52.2 Å². The molecule has 8 nitrogen and oxygen atoms in total. The minimum Gasteiger partial charge on any atom is -0.371 e. The van der Waals surface area contributed by atoms with Gasteiger partial charge in [0.1, 0.15) is 6.10 Å². The number of halogens is 2. The van der Waals surface area contributed by atoms with Crippen LogP contribution in [0.5, 0.6) is 0 Å². The number of carbonyl (C=O) groups is 1. The van der Waals surface area contributed by atoms with Crippen molar-refractivity contribution in [1.29, 1.82) is 0 Å². The highest BCUT2D eigenvalue weighted by molar-refractivity contribution is 5.85. The fourth-order valence-electron chi connectivity index (χ4n) is 3.82. The van der Waals surface area contributed by atoms with Gasteiger partial charge in [0.25, 0.3) is 0 Å². The first-order valence-corrected chi connectivity index (χ1v) is 10.3. The van der Waals surface area contributed by atoms with Gasteiger partial charge in [-0.25, -0.2) is 0 Å². The van der Waals surface area contributed by atoms with Gasteiger partial charge in [-0.1, -0.05) is 5.16 Å². The van der Waals surface area contributed by atoms with E-state index in [1.54, 1.807) is 0 Å². The van der Waals surface area contributed by atoms with E-state index in [2.05, 4.69) is 20.4 Å². The van der Waals surface area contributed by atoms with Crippen LogP contribution in [-0.4, -0.2) is 71.7 Å². The van der Waals surface area contributed by atoms with E-state index in [-0.39, 0.29) is 30.9 Å². The zero-order chi connectivity index (χ0) is 19.1. The second-order valence-corrected chi connectivity index (χ2v) is 7.53. The summed E-state index contributed by atoms with van der Waals surface area (Å²) in [6.45, 7) is 10.6. The molecule has 1 aromatic heterocycles. The van der Waals surface area contributed by atoms with Crippen molar-refractivity contribution in [3.63, 3.8) is 0 Å². The molecule has 1 unspecified atom stereocenters. The Balaban J connectivity index is 0.00000210. The Morgan fingerprint density at radius 1 is 1.24 bits per heavy atom. The number of amides is 1. The van der Waals surface area contributed by atoms with Crippen molar-refractivity contribution < 1.29 is 14.1 Å². The molecule has 3 heterocycles. The molecule has 1 aromatic rings. The standard InChI is InChI=1S/C19H33N5O3.2ClH/c1-3-26-15(2)19-21-17(27-22-19)14-23-10-12-24(13-11-23)18(25)5-4-16-6-8-20-9-7-16;;/h15-16,20H,3-14H2,1-2H3;2*1H. The number of ether oxygens (including phenoxy) is 1. The molecule has 168 valence electrons. The molecule has 1 atom stereocenters. The van der Waals surface area contributed by atoms with E-state index in [1.807, 2.05) is 18.7 Å². The van der Waals surface area contributed by atoms with Gasteiger partial charge in [0.05, 0.1) is 6.54 Å². The molecule has 2 fully saturated rings. The Bertz CT molecular complexity index is 590. The summed E-state index contributed by atoms with van der Waals surface area (Å²) in [5, 5.41) is 7.38. The second-order valence-electron chi connectivity index (χ2n) is 7.53. The highest BCUT2D eigenvalue weighted by Crippen LogP contribution is 2.19. The molecule has 2 aliphatic rings. The van der Waals surface area contributed by atoms with Crippen LogP contribution in [0.15, 0.2) is 4.52 Å². The van der Waals surface area contributed by atoms with Crippen LogP contribution in [0.2, 0.25) is 0 Å². The number of piperidine rings is 1. The van der Waals surface area contributed by atoms with Crippen molar-refractivity contribution in [2.24, 2.45) is 5.92 Å². The molecule has 1 amide bonds. The van der Waals surface area contributed by atoms with Gasteiger partial charge in [0, 0.05) is 39.2 Å². The summed E-state index contributed by atoms with van der Waals surface area (Å²) in [7, 11) is 0. The van der Waals surface area contributed by atoms with Gasteiger partial charge in [-0.3, -0.25) is 9.69 Å². The van der Waals surface area contributed by atoms with Gasteiger partial charge in [-0.05, 0) is 52.1 Å². The van der Waals surface area contributed by atoms with Crippen LogP contribution in [-0.2, 0) is 16.1 Å². The maximum absolute atomic E-state index is 12.5. The smallest absolute Gasteiger partial charge is 0.240 e. The normalized spacial score (nSPS) is 19.3. The van der Waals surface area contributed by atoms with E-state index in [4.69, 9.17) is 9.26 Å². The molecule has 0 aliphatic carbocycles. The Morgan fingerprint density at radius 2 is 1.93 bits per heavy atom. The Hall–Kier alpha value is -0.930. The third-order valence-corrected chi connectivity index (χ3v) is 5.57. The molecule has 2 aliphatic heterocycles. The van der Waals surface area contributed by atoms with Gasteiger partial charge in [-0.15, -0.1) is 24.8 Å². The third kappa shape index (κ3) is 8.02. The van der Waals surface area contributed by atoms with E-state index in [0.717, 1.165) is 45.7 Å². The summed E-state index contributed by atoms with van der Waals surface area (Å²) in [6.07, 6.45) is 3.97. The predicted octanol–water partition coefficient (Wildman–Crippen LogP) is 2.43. The monoisotopic (exact) mass is 451 g/mol. The van der Waals surface area contributed by atoms with Gasteiger partial charge in [0.2, 0.25) is 11.8 Å². The lowest BCUT2D eigenvalue weighted by Gasteiger charge is -2.34. The first kappa shape index (κ1) is 26.1. The average molecular weight is 452 g/mol. The summed E-state index contributed by atoms with van der Waals surface area (Å²) in [5.74, 6) is 2.22. The van der Waals surface area contributed by atoms with Crippen LogP contribution in [0.25, 0.3) is 0 Å². The van der Waals surface area contributed by atoms with Gasteiger partial charge < -0.3 is 19.5 Å². The molecule has 1 N–H and O–H groups in total. The number of aromatic nitrogens is 2. The Kier molecular flexibility index (Phi) is 12.1. The lowest BCUT2D eigenvalue weighted by molar-refractivity contribution is -0.133. The lowest BCUT2D eigenvalue weighted by atomic mass is 9.93. The zero-order valence-electron chi connectivity index (χ0n) is 17.5. The number of rotatable bonds is 8.